The molecule has 5 nitrogen and oxygen atoms in total. The average molecular weight is 395 g/mol. The third-order valence-electron chi connectivity index (χ3n) is 4.88. The van der Waals surface area contributed by atoms with Crippen molar-refractivity contribution in [3.05, 3.63) is 65.7 Å². The fourth-order valence-corrected chi connectivity index (χ4v) is 3.41. The molecule has 1 atom stereocenters. The minimum Gasteiger partial charge on any atom is -0.493 e. The molecule has 1 aliphatic rings. The third kappa shape index (κ3) is 6.09. The number of carbonyl (C=O) groups is 1. The van der Waals surface area contributed by atoms with Gasteiger partial charge in [0.2, 0.25) is 5.91 Å². The standard InChI is InChI=1S/C24H29NO4/c1-3-28-22-13-11-19(16-23(22)27-2)12-14-24(26)25(18-21-10-7-15-29-21)17-20-8-5-4-6-9-20/h4-6,8-9,11-14,16,21H,3,7,10,15,17-18H2,1-2H3/b14-12+. The SMILES string of the molecule is CCOc1ccc(/C=C/C(=O)N(Cc2ccccc2)CC2CCCO2)cc1OC. The Balaban J connectivity index is 1.72. The van der Waals surface area contributed by atoms with Crippen molar-refractivity contribution in [2.24, 2.45) is 0 Å². The number of carbonyl (C=O) groups excluding carboxylic acids is 1. The predicted octanol–water partition coefficient (Wildman–Crippen LogP) is 4.31. The van der Waals surface area contributed by atoms with Crippen LogP contribution in [0, 0.1) is 0 Å². The second-order valence-corrected chi connectivity index (χ2v) is 7.02. The molecule has 0 N–H and O–H groups in total. The van der Waals surface area contributed by atoms with Gasteiger partial charge in [-0.25, -0.2) is 0 Å². The Kier molecular flexibility index (Phi) is 7.70. The van der Waals surface area contributed by atoms with Gasteiger partial charge in [0.25, 0.3) is 0 Å². The van der Waals surface area contributed by atoms with Gasteiger partial charge in [0.1, 0.15) is 0 Å². The van der Waals surface area contributed by atoms with Crippen molar-refractivity contribution >= 4 is 12.0 Å². The van der Waals surface area contributed by atoms with E-state index in [1.165, 1.54) is 0 Å². The number of methoxy groups -OCH3 is 1. The van der Waals surface area contributed by atoms with Crippen molar-refractivity contribution in [3.63, 3.8) is 0 Å². The number of benzene rings is 2. The van der Waals surface area contributed by atoms with Crippen molar-refractivity contribution in [1.29, 1.82) is 0 Å². The van der Waals surface area contributed by atoms with Gasteiger partial charge >= 0.3 is 0 Å². The van der Waals surface area contributed by atoms with Crippen LogP contribution < -0.4 is 9.47 Å². The largest absolute Gasteiger partial charge is 0.493 e. The van der Waals surface area contributed by atoms with Crippen LogP contribution in [-0.4, -0.2) is 43.8 Å². The van der Waals surface area contributed by atoms with E-state index in [2.05, 4.69) is 0 Å². The summed E-state index contributed by atoms with van der Waals surface area (Å²) in [5.41, 5.74) is 1.99. The van der Waals surface area contributed by atoms with E-state index < -0.39 is 0 Å². The first kappa shape index (κ1) is 20.9. The van der Waals surface area contributed by atoms with E-state index in [1.54, 1.807) is 13.2 Å². The van der Waals surface area contributed by atoms with E-state index in [1.807, 2.05) is 66.4 Å². The predicted molar refractivity (Wildman–Crippen MR) is 114 cm³/mol. The molecule has 0 saturated carbocycles. The number of amides is 1. The maximum absolute atomic E-state index is 13.0. The highest BCUT2D eigenvalue weighted by Gasteiger charge is 2.21. The Morgan fingerprint density at radius 1 is 1.21 bits per heavy atom. The van der Waals surface area contributed by atoms with E-state index in [0.717, 1.165) is 30.6 Å². The van der Waals surface area contributed by atoms with Crippen molar-refractivity contribution in [2.75, 3.05) is 26.9 Å². The lowest BCUT2D eigenvalue weighted by molar-refractivity contribution is -0.128. The lowest BCUT2D eigenvalue weighted by atomic mass is 10.1. The van der Waals surface area contributed by atoms with E-state index in [9.17, 15) is 4.79 Å². The Hall–Kier alpha value is -2.79. The second kappa shape index (κ2) is 10.7. The molecule has 154 valence electrons. The molecule has 1 amide bonds. The minimum atomic E-state index is -0.0304. The third-order valence-corrected chi connectivity index (χ3v) is 4.88. The number of hydrogen-bond acceptors (Lipinski definition) is 4. The zero-order valence-electron chi connectivity index (χ0n) is 17.2. The van der Waals surface area contributed by atoms with Gasteiger partial charge in [-0.05, 0) is 49.1 Å². The molecule has 5 heteroatoms. The lowest BCUT2D eigenvalue weighted by Gasteiger charge is -2.24. The smallest absolute Gasteiger partial charge is 0.246 e. The van der Waals surface area contributed by atoms with Crippen molar-refractivity contribution in [3.8, 4) is 11.5 Å². The van der Waals surface area contributed by atoms with Gasteiger partial charge < -0.3 is 19.1 Å². The fraction of sp³-hybridized carbons (Fsp3) is 0.375. The summed E-state index contributed by atoms with van der Waals surface area (Å²) < 4.78 is 16.7. The molecule has 1 saturated heterocycles. The molecule has 29 heavy (non-hydrogen) atoms. The Morgan fingerprint density at radius 2 is 2.03 bits per heavy atom. The van der Waals surface area contributed by atoms with Gasteiger partial charge in [-0.1, -0.05) is 36.4 Å². The lowest BCUT2D eigenvalue weighted by Crippen LogP contribution is -2.35. The molecule has 1 fully saturated rings. The van der Waals surface area contributed by atoms with Crippen molar-refractivity contribution < 1.29 is 19.0 Å². The molecule has 2 aromatic carbocycles. The summed E-state index contributed by atoms with van der Waals surface area (Å²) in [6, 6.07) is 15.7. The van der Waals surface area contributed by atoms with Crippen molar-refractivity contribution in [1.82, 2.24) is 4.90 Å². The van der Waals surface area contributed by atoms with Crippen LogP contribution in [-0.2, 0) is 16.1 Å². The molecule has 3 rings (SSSR count). The first-order chi connectivity index (χ1) is 14.2. The Morgan fingerprint density at radius 3 is 2.72 bits per heavy atom. The van der Waals surface area contributed by atoms with E-state index in [-0.39, 0.29) is 12.0 Å². The Labute approximate surface area is 172 Å². The first-order valence-electron chi connectivity index (χ1n) is 10.1. The summed E-state index contributed by atoms with van der Waals surface area (Å²) in [6.07, 6.45) is 5.60. The molecular weight excluding hydrogens is 366 g/mol. The van der Waals surface area contributed by atoms with E-state index >= 15 is 0 Å². The van der Waals surface area contributed by atoms with Crippen LogP contribution in [0.15, 0.2) is 54.6 Å². The summed E-state index contributed by atoms with van der Waals surface area (Å²) in [5.74, 6) is 1.32. The van der Waals surface area contributed by atoms with Gasteiger partial charge in [-0.3, -0.25) is 4.79 Å². The summed E-state index contributed by atoms with van der Waals surface area (Å²) in [6.45, 7) is 4.45. The molecular formula is C24H29NO4. The second-order valence-electron chi connectivity index (χ2n) is 7.02. The molecule has 0 radical (unpaired) electrons. The Bertz CT molecular complexity index is 813. The number of ether oxygens (including phenoxy) is 3. The van der Waals surface area contributed by atoms with Crippen molar-refractivity contribution in [2.45, 2.75) is 32.4 Å². The maximum atomic E-state index is 13.0. The van der Waals surface area contributed by atoms with Gasteiger partial charge in [0.05, 0.1) is 19.8 Å². The van der Waals surface area contributed by atoms with E-state index in [0.29, 0.717) is 31.2 Å². The number of nitrogens with zero attached hydrogens (tertiary/aromatic N) is 1. The minimum absolute atomic E-state index is 0.0304. The zero-order chi connectivity index (χ0) is 20.5. The van der Waals surface area contributed by atoms with Crippen LogP contribution in [0.2, 0.25) is 0 Å². The summed E-state index contributed by atoms with van der Waals surface area (Å²) in [5, 5.41) is 0. The molecule has 0 spiro atoms. The molecule has 0 aliphatic carbocycles. The van der Waals surface area contributed by atoms with Gasteiger partial charge in [0, 0.05) is 25.8 Å². The molecule has 1 heterocycles. The van der Waals surface area contributed by atoms with Gasteiger partial charge in [0.15, 0.2) is 11.5 Å². The van der Waals surface area contributed by atoms with E-state index in [4.69, 9.17) is 14.2 Å². The highest BCUT2D eigenvalue weighted by Crippen LogP contribution is 2.28. The molecule has 0 bridgehead atoms. The maximum Gasteiger partial charge on any atom is 0.246 e. The normalized spacial score (nSPS) is 16.1. The van der Waals surface area contributed by atoms with Gasteiger partial charge in [-0.2, -0.15) is 0 Å². The highest BCUT2D eigenvalue weighted by molar-refractivity contribution is 5.91. The van der Waals surface area contributed by atoms with Crippen LogP contribution in [0.4, 0.5) is 0 Å². The highest BCUT2D eigenvalue weighted by atomic mass is 16.5. The van der Waals surface area contributed by atoms with Crippen LogP contribution >= 0.6 is 0 Å². The molecule has 0 aromatic heterocycles. The summed E-state index contributed by atoms with van der Waals surface area (Å²) in [4.78, 5) is 14.8. The monoisotopic (exact) mass is 395 g/mol. The van der Waals surface area contributed by atoms with Gasteiger partial charge in [-0.15, -0.1) is 0 Å². The summed E-state index contributed by atoms with van der Waals surface area (Å²) in [7, 11) is 1.61. The molecule has 1 unspecified atom stereocenters. The van der Waals surface area contributed by atoms with Crippen LogP contribution in [0.3, 0.4) is 0 Å². The van der Waals surface area contributed by atoms with Crippen LogP contribution in [0.1, 0.15) is 30.9 Å². The number of hydrogen-bond donors (Lipinski definition) is 0. The molecule has 2 aromatic rings. The summed E-state index contributed by atoms with van der Waals surface area (Å²) >= 11 is 0. The average Bonchev–Trinajstić information content (AvgIpc) is 3.26. The zero-order valence-corrected chi connectivity index (χ0v) is 17.2. The number of rotatable bonds is 9. The topological polar surface area (TPSA) is 48.0 Å². The van der Waals surface area contributed by atoms with Crippen LogP contribution in [0.25, 0.3) is 6.08 Å². The van der Waals surface area contributed by atoms with Crippen LogP contribution in [0.5, 0.6) is 11.5 Å². The fourth-order valence-electron chi connectivity index (χ4n) is 3.41. The molecule has 1 aliphatic heterocycles. The quantitative estimate of drug-likeness (QED) is 0.594. The first-order valence-corrected chi connectivity index (χ1v) is 10.1.